The van der Waals surface area contributed by atoms with Crippen LogP contribution in [0, 0.1) is 0 Å². The molecule has 0 fully saturated rings. The van der Waals surface area contributed by atoms with Gasteiger partial charge in [-0.2, -0.15) is 0 Å². The molecule has 1 aromatic carbocycles. The molecule has 0 aliphatic rings. The maximum atomic E-state index is 12.3. The van der Waals surface area contributed by atoms with Crippen LogP contribution in [-0.2, 0) is 19.1 Å². The van der Waals surface area contributed by atoms with Crippen molar-refractivity contribution in [2.75, 3.05) is 0 Å². The number of hydrogen-bond donors (Lipinski definition) is 3. The van der Waals surface area contributed by atoms with Crippen LogP contribution >= 0.6 is 0 Å². The molecule has 26 heavy (non-hydrogen) atoms. The monoisotopic (exact) mass is 361 g/mol. The Hall–Kier alpha value is -3.16. The second-order valence-electron chi connectivity index (χ2n) is 5.81. The van der Waals surface area contributed by atoms with Crippen molar-refractivity contribution in [3.8, 4) is 0 Å². The van der Waals surface area contributed by atoms with Gasteiger partial charge in [-0.05, 0) is 32.4 Å². The lowest BCUT2D eigenvalue weighted by Crippen LogP contribution is -2.46. The number of nitrogens with one attached hydrogen (secondary N) is 3. The van der Waals surface area contributed by atoms with Gasteiger partial charge in [0.05, 0.1) is 0 Å². The highest BCUT2D eigenvalue weighted by atomic mass is 16.5. The summed E-state index contributed by atoms with van der Waals surface area (Å²) in [5.41, 5.74) is 0.552. The third-order valence-electron chi connectivity index (χ3n) is 2.95. The SMILES string of the molecule is CC(=O)N/C(=C\c1ccccc1)C(=O)O[C@H](C)C(=O)NC(=O)NC(C)C. The molecule has 0 radical (unpaired) electrons. The minimum absolute atomic E-state index is 0.116. The predicted octanol–water partition coefficient (Wildman–Crippen LogP) is 1.33. The van der Waals surface area contributed by atoms with E-state index in [1.54, 1.807) is 38.1 Å². The molecule has 0 unspecified atom stereocenters. The number of esters is 1. The van der Waals surface area contributed by atoms with Gasteiger partial charge in [0.15, 0.2) is 6.10 Å². The van der Waals surface area contributed by atoms with Gasteiger partial charge < -0.3 is 15.4 Å². The first-order chi connectivity index (χ1) is 12.2. The van der Waals surface area contributed by atoms with Crippen LogP contribution in [0.5, 0.6) is 0 Å². The summed E-state index contributed by atoms with van der Waals surface area (Å²) in [4.78, 5) is 47.0. The topological polar surface area (TPSA) is 114 Å². The van der Waals surface area contributed by atoms with Crippen molar-refractivity contribution in [2.24, 2.45) is 0 Å². The average Bonchev–Trinajstić information content (AvgIpc) is 2.53. The Balaban J connectivity index is 2.79. The van der Waals surface area contributed by atoms with Gasteiger partial charge in [0.25, 0.3) is 5.91 Å². The molecule has 1 rings (SSSR count). The van der Waals surface area contributed by atoms with E-state index >= 15 is 0 Å². The quantitative estimate of drug-likeness (QED) is 0.522. The molecule has 0 aliphatic carbocycles. The van der Waals surface area contributed by atoms with Crippen molar-refractivity contribution < 1.29 is 23.9 Å². The standard InChI is InChI=1S/C18H23N3O5/c1-11(2)19-18(25)21-16(23)12(3)26-17(24)15(20-13(4)22)10-14-8-6-5-7-9-14/h5-12H,1-4H3,(H,20,22)(H2,19,21,23,25)/b15-10-/t12-/m1/s1. The number of imide groups is 1. The van der Waals surface area contributed by atoms with Gasteiger partial charge in [0, 0.05) is 13.0 Å². The van der Waals surface area contributed by atoms with Crippen LogP contribution in [-0.4, -0.2) is 36.0 Å². The van der Waals surface area contributed by atoms with E-state index in [0.717, 1.165) is 0 Å². The van der Waals surface area contributed by atoms with Gasteiger partial charge in [-0.25, -0.2) is 9.59 Å². The third-order valence-corrected chi connectivity index (χ3v) is 2.95. The molecule has 0 saturated carbocycles. The molecule has 1 atom stereocenters. The zero-order valence-electron chi connectivity index (χ0n) is 15.2. The molecule has 140 valence electrons. The first-order valence-corrected chi connectivity index (χ1v) is 8.05. The van der Waals surface area contributed by atoms with Crippen molar-refractivity contribution in [3.05, 3.63) is 41.6 Å². The lowest BCUT2D eigenvalue weighted by Gasteiger charge is -2.15. The summed E-state index contributed by atoms with van der Waals surface area (Å²) in [5.74, 6) is -2.13. The summed E-state index contributed by atoms with van der Waals surface area (Å²) in [6, 6.07) is 7.99. The van der Waals surface area contributed by atoms with Gasteiger partial charge in [0.1, 0.15) is 5.70 Å². The fourth-order valence-electron chi connectivity index (χ4n) is 1.84. The normalized spacial score (nSPS) is 12.1. The van der Waals surface area contributed by atoms with E-state index in [0.29, 0.717) is 5.56 Å². The molecular weight excluding hydrogens is 338 g/mol. The second kappa shape index (κ2) is 9.97. The number of carbonyl (C=O) groups is 4. The number of amides is 4. The molecule has 8 heteroatoms. The van der Waals surface area contributed by atoms with Gasteiger partial charge in [-0.3, -0.25) is 14.9 Å². The summed E-state index contributed by atoms with van der Waals surface area (Å²) < 4.78 is 5.04. The molecule has 0 aromatic heterocycles. The van der Waals surface area contributed by atoms with Crippen LogP contribution in [0.1, 0.15) is 33.3 Å². The van der Waals surface area contributed by atoms with Crippen LogP contribution < -0.4 is 16.0 Å². The second-order valence-corrected chi connectivity index (χ2v) is 5.81. The summed E-state index contributed by atoms with van der Waals surface area (Å²) in [6.45, 7) is 6.05. The molecule has 1 aromatic rings. The summed E-state index contributed by atoms with van der Waals surface area (Å²) in [7, 11) is 0. The Morgan fingerprint density at radius 3 is 2.15 bits per heavy atom. The van der Waals surface area contributed by atoms with E-state index < -0.39 is 29.9 Å². The summed E-state index contributed by atoms with van der Waals surface area (Å²) >= 11 is 0. The third kappa shape index (κ3) is 7.61. The van der Waals surface area contributed by atoms with Crippen LogP contribution in [0.15, 0.2) is 36.0 Å². The van der Waals surface area contributed by atoms with Crippen LogP contribution in [0.2, 0.25) is 0 Å². The number of benzene rings is 1. The maximum Gasteiger partial charge on any atom is 0.355 e. The van der Waals surface area contributed by atoms with Crippen molar-refractivity contribution in [2.45, 2.75) is 39.8 Å². The molecule has 0 heterocycles. The first kappa shape index (κ1) is 20.9. The Kier molecular flexibility index (Phi) is 8.01. The van der Waals surface area contributed by atoms with Crippen molar-refractivity contribution in [1.82, 2.24) is 16.0 Å². The first-order valence-electron chi connectivity index (χ1n) is 8.05. The van der Waals surface area contributed by atoms with Gasteiger partial charge in [-0.15, -0.1) is 0 Å². The Labute approximate surface area is 152 Å². The van der Waals surface area contributed by atoms with E-state index in [9.17, 15) is 19.2 Å². The van der Waals surface area contributed by atoms with Crippen molar-refractivity contribution >= 4 is 29.9 Å². The van der Waals surface area contributed by atoms with E-state index in [2.05, 4.69) is 16.0 Å². The highest BCUT2D eigenvalue weighted by Crippen LogP contribution is 2.08. The largest absolute Gasteiger partial charge is 0.448 e. The van der Waals surface area contributed by atoms with Crippen molar-refractivity contribution in [3.63, 3.8) is 0 Å². The highest BCUT2D eigenvalue weighted by Gasteiger charge is 2.22. The van der Waals surface area contributed by atoms with E-state index in [1.165, 1.54) is 19.9 Å². The van der Waals surface area contributed by atoms with E-state index in [-0.39, 0.29) is 11.7 Å². The van der Waals surface area contributed by atoms with E-state index in [4.69, 9.17) is 4.74 Å². The predicted molar refractivity (Wildman–Crippen MR) is 95.6 cm³/mol. The zero-order valence-corrected chi connectivity index (χ0v) is 15.2. The average molecular weight is 361 g/mol. The smallest absolute Gasteiger partial charge is 0.355 e. The molecule has 4 amide bonds. The molecule has 0 aliphatic heterocycles. The molecule has 8 nitrogen and oxygen atoms in total. The lowest BCUT2D eigenvalue weighted by molar-refractivity contribution is -0.151. The summed E-state index contributed by atoms with van der Waals surface area (Å²) in [6.07, 6.45) is 0.202. The van der Waals surface area contributed by atoms with Gasteiger partial charge in [0.2, 0.25) is 5.91 Å². The maximum absolute atomic E-state index is 12.3. The van der Waals surface area contributed by atoms with Gasteiger partial charge in [-0.1, -0.05) is 30.3 Å². The number of carbonyl (C=O) groups excluding carboxylic acids is 4. The Morgan fingerprint density at radius 1 is 1.00 bits per heavy atom. The number of rotatable bonds is 6. The van der Waals surface area contributed by atoms with E-state index in [1.807, 2.05) is 6.07 Å². The lowest BCUT2D eigenvalue weighted by atomic mass is 10.2. The number of urea groups is 1. The Bertz CT molecular complexity index is 698. The molecule has 0 saturated heterocycles. The highest BCUT2D eigenvalue weighted by molar-refractivity contribution is 6.01. The van der Waals surface area contributed by atoms with Crippen LogP contribution in [0.25, 0.3) is 6.08 Å². The van der Waals surface area contributed by atoms with Crippen LogP contribution in [0.3, 0.4) is 0 Å². The molecule has 0 spiro atoms. The van der Waals surface area contributed by atoms with Gasteiger partial charge >= 0.3 is 12.0 Å². The number of hydrogen-bond acceptors (Lipinski definition) is 5. The minimum atomic E-state index is -1.23. The fourth-order valence-corrected chi connectivity index (χ4v) is 1.84. The molecule has 0 bridgehead atoms. The fraction of sp³-hybridized carbons (Fsp3) is 0.333. The summed E-state index contributed by atoms with van der Waals surface area (Å²) in [5, 5.41) is 6.93. The Morgan fingerprint density at radius 2 is 1.62 bits per heavy atom. The van der Waals surface area contributed by atoms with Crippen molar-refractivity contribution in [1.29, 1.82) is 0 Å². The molecule has 3 N–H and O–H groups in total. The van der Waals surface area contributed by atoms with Crippen LogP contribution in [0.4, 0.5) is 4.79 Å². The molecular formula is C18H23N3O5. The number of ether oxygens (including phenoxy) is 1. The zero-order chi connectivity index (χ0) is 19.7. The minimum Gasteiger partial charge on any atom is -0.448 e.